The average molecular weight is 270 g/mol. The molecule has 4 atom stereocenters. The van der Waals surface area contributed by atoms with E-state index in [9.17, 15) is 19.8 Å². The Morgan fingerprint density at radius 2 is 2.21 bits per heavy atom. The van der Waals surface area contributed by atoms with E-state index in [1.54, 1.807) is 6.92 Å². The molecule has 106 valence electrons. The summed E-state index contributed by atoms with van der Waals surface area (Å²) >= 11 is 0. The van der Waals surface area contributed by atoms with Crippen LogP contribution in [-0.2, 0) is 14.3 Å². The zero-order valence-electron chi connectivity index (χ0n) is 10.9. The van der Waals surface area contributed by atoms with Gasteiger partial charge in [0, 0.05) is 12.5 Å². The lowest BCUT2D eigenvalue weighted by atomic mass is 9.79. The third kappa shape index (κ3) is 1.89. The maximum absolute atomic E-state index is 12.0. The molecule has 0 radical (unpaired) electrons. The number of rotatable bonds is 5. The van der Waals surface area contributed by atoms with E-state index in [2.05, 4.69) is 0 Å². The van der Waals surface area contributed by atoms with Gasteiger partial charge < -0.3 is 20.7 Å². The standard InChI is InChI=1S/C12H18N2O5/c1-5-8-7(6(2)15)11(16)14(8)9(12(17)18)10(5)19-4-3-13/h5-8,15H,3-4,13H2,1-2H3,(H,17,18)/t5-,6-,7-,8+/m1/s1. The van der Waals surface area contributed by atoms with Crippen molar-refractivity contribution in [1.82, 2.24) is 4.90 Å². The number of carbonyl (C=O) groups excluding carboxylic acids is 1. The highest BCUT2D eigenvalue weighted by molar-refractivity contribution is 5.99. The number of carboxylic acids is 1. The van der Waals surface area contributed by atoms with Gasteiger partial charge in [0.05, 0.1) is 18.1 Å². The second-order valence-electron chi connectivity index (χ2n) is 4.91. The first-order valence-corrected chi connectivity index (χ1v) is 6.23. The van der Waals surface area contributed by atoms with Crippen LogP contribution >= 0.6 is 0 Å². The van der Waals surface area contributed by atoms with E-state index in [1.165, 1.54) is 11.8 Å². The summed E-state index contributed by atoms with van der Waals surface area (Å²) in [6, 6.07) is -0.341. The van der Waals surface area contributed by atoms with Gasteiger partial charge in [-0.3, -0.25) is 9.69 Å². The van der Waals surface area contributed by atoms with Crippen LogP contribution in [0.2, 0.25) is 0 Å². The third-order valence-corrected chi connectivity index (χ3v) is 3.69. The molecule has 2 rings (SSSR count). The smallest absolute Gasteiger partial charge is 0.356 e. The number of nitrogens with two attached hydrogens (primary N) is 1. The topological polar surface area (TPSA) is 113 Å². The van der Waals surface area contributed by atoms with E-state index in [1.807, 2.05) is 0 Å². The molecule has 2 aliphatic rings. The lowest BCUT2D eigenvalue weighted by Crippen LogP contribution is -2.63. The molecule has 0 unspecified atom stereocenters. The van der Waals surface area contributed by atoms with Crippen LogP contribution in [0.5, 0.6) is 0 Å². The number of carbonyl (C=O) groups is 2. The van der Waals surface area contributed by atoms with Crippen molar-refractivity contribution in [3.05, 3.63) is 11.5 Å². The quantitative estimate of drug-likeness (QED) is 0.559. The molecule has 0 aromatic heterocycles. The lowest BCUT2D eigenvalue weighted by molar-refractivity contribution is -0.163. The minimum atomic E-state index is -1.20. The number of aliphatic hydroxyl groups excluding tert-OH is 1. The fourth-order valence-electron chi connectivity index (χ4n) is 2.88. The second kappa shape index (κ2) is 4.82. The number of fused-ring (bicyclic) bond motifs is 1. The number of ether oxygens (including phenoxy) is 1. The molecule has 0 saturated carbocycles. The number of nitrogens with zero attached hydrogens (tertiary/aromatic N) is 1. The number of aliphatic carboxylic acids is 1. The zero-order valence-corrected chi connectivity index (χ0v) is 10.9. The highest BCUT2D eigenvalue weighted by atomic mass is 16.5. The maximum atomic E-state index is 12.0. The number of carboxylic acid groups (broad SMARTS) is 1. The van der Waals surface area contributed by atoms with Crippen LogP contribution in [0, 0.1) is 11.8 Å². The monoisotopic (exact) mass is 270 g/mol. The molecular weight excluding hydrogens is 252 g/mol. The van der Waals surface area contributed by atoms with Crippen molar-refractivity contribution in [1.29, 1.82) is 0 Å². The van der Waals surface area contributed by atoms with E-state index in [-0.39, 0.29) is 42.5 Å². The van der Waals surface area contributed by atoms with Gasteiger partial charge in [0.1, 0.15) is 12.4 Å². The summed E-state index contributed by atoms with van der Waals surface area (Å²) < 4.78 is 5.39. The van der Waals surface area contributed by atoms with E-state index in [0.717, 1.165) is 0 Å². The Morgan fingerprint density at radius 3 is 2.68 bits per heavy atom. The van der Waals surface area contributed by atoms with Crippen molar-refractivity contribution in [2.24, 2.45) is 17.6 Å². The molecule has 0 bridgehead atoms. The third-order valence-electron chi connectivity index (χ3n) is 3.69. The van der Waals surface area contributed by atoms with Crippen molar-refractivity contribution in [3.63, 3.8) is 0 Å². The Morgan fingerprint density at radius 1 is 1.58 bits per heavy atom. The number of aliphatic hydroxyl groups is 1. The summed E-state index contributed by atoms with van der Waals surface area (Å²) in [6.07, 6.45) is -0.805. The van der Waals surface area contributed by atoms with Gasteiger partial charge in [-0.15, -0.1) is 0 Å². The summed E-state index contributed by atoms with van der Waals surface area (Å²) in [4.78, 5) is 24.5. The van der Waals surface area contributed by atoms with Gasteiger partial charge in [-0.2, -0.15) is 0 Å². The van der Waals surface area contributed by atoms with Gasteiger partial charge in [0.2, 0.25) is 5.91 Å². The first kappa shape index (κ1) is 13.8. The van der Waals surface area contributed by atoms with Gasteiger partial charge in [-0.25, -0.2) is 4.79 Å². The van der Waals surface area contributed by atoms with E-state index >= 15 is 0 Å². The number of hydrogen-bond acceptors (Lipinski definition) is 5. The summed E-state index contributed by atoms with van der Waals surface area (Å²) in [5.74, 6) is -2.10. The molecule has 19 heavy (non-hydrogen) atoms. The van der Waals surface area contributed by atoms with Gasteiger partial charge in [0.25, 0.3) is 0 Å². The second-order valence-corrected chi connectivity index (χ2v) is 4.91. The molecule has 0 aromatic carbocycles. The fraction of sp³-hybridized carbons (Fsp3) is 0.667. The number of amides is 1. The molecule has 2 aliphatic heterocycles. The predicted octanol–water partition coefficient (Wildman–Crippen LogP) is -0.885. The first-order valence-electron chi connectivity index (χ1n) is 6.23. The number of β-lactam (4-membered cyclic amide) rings is 1. The molecule has 2 heterocycles. The average Bonchev–Trinajstić information content (AvgIpc) is 2.56. The van der Waals surface area contributed by atoms with Crippen LogP contribution in [-0.4, -0.2) is 52.3 Å². The Hall–Kier alpha value is -1.60. The molecule has 1 amide bonds. The van der Waals surface area contributed by atoms with Crippen LogP contribution in [0.15, 0.2) is 11.5 Å². The maximum Gasteiger partial charge on any atom is 0.356 e. The Labute approximate surface area is 110 Å². The van der Waals surface area contributed by atoms with Gasteiger partial charge in [-0.1, -0.05) is 6.92 Å². The van der Waals surface area contributed by atoms with Crippen LogP contribution in [0.3, 0.4) is 0 Å². The van der Waals surface area contributed by atoms with E-state index in [4.69, 9.17) is 10.5 Å². The van der Waals surface area contributed by atoms with E-state index < -0.39 is 18.0 Å². The highest BCUT2D eigenvalue weighted by Crippen LogP contribution is 2.47. The van der Waals surface area contributed by atoms with Crippen LogP contribution in [0.25, 0.3) is 0 Å². The molecule has 7 nitrogen and oxygen atoms in total. The molecule has 0 aromatic rings. The largest absolute Gasteiger partial charge is 0.494 e. The highest BCUT2D eigenvalue weighted by Gasteiger charge is 2.60. The van der Waals surface area contributed by atoms with Crippen molar-refractivity contribution in [2.75, 3.05) is 13.2 Å². The van der Waals surface area contributed by atoms with Gasteiger partial charge >= 0.3 is 5.97 Å². The predicted molar refractivity (Wildman–Crippen MR) is 64.6 cm³/mol. The molecule has 7 heteroatoms. The molecule has 0 spiro atoms. The van der Waals surface area contributed by atoms with Crippen molar-refractivity contribution < 1.29 is 24.5 Å². The molecule has 4 N–H and O–H groups in total. The van der Waals surface area contributed by atoms with Gasteiger partial charge in [-0.05, 0) is 6.92 Å². The van der Waals surface area contributed by atoms with Crippen LogP contribution in [0.4, 0.5) is 0 Å². The summed E-state index contributed by atoms with van der Waals surface area (Å²) in [5.41, 5.74) is 5.23. The minimum Gasteiger partial charge on any atom is -0.494 e. The zero-order chi connectivity index (χ0) is 14.3. The van der Waals surface area contributed by atoms with E-state index in [0.29, 0.717) is 0 Å². The summed E-state index contributed by atoms with van der Waals surface area (Å²) in [7, 11) is 0. The SMILES string of the molecule is C[C@@H](O)[C@H]1C(=O)N2C(C(=O)O)=C(OCCN)[C@H](C)[C@@H]12. The molecule has 0 aliphatic carbocycles. The molecular formula is C12H18N2O5. The molecule has 1 fully saturated rings. The van der Waals surface area contributed by atoms with Crippen molar-refractivity contribution in [3.8, 4) is 0 Å². The van der Waals surface area contributed by atoms with Crippen LogP contribution in [0.1, 0.15) is 13.8 Å². The Kier molecular flexibility index (Phi) is 3.51. The Balaban J connectivity index is 2.32. The summed E-state index contributed by atoms with van der Waals surface area (Å²) in [5, 5.41) is 18.9. The van der Waals surface area contributed by atoms with Gasteiger partial charge in [0.15, 0.2) is 5.70 Å². The molecule has 1 saturated heterocycles. The Bertz CT molecular complexity index is 445. The minimum absolute atomic E-state index is 0.118. The fourth-order valence-corrected chi connectivity index (χ4v) is 2.88. The van der Waals surface area contributed by atoms with Crippen molar-refractivity contribution in [2.45, 2.75) is 26.0 Å². The first-order chi connectivity index (χ1) is 8.91. The van der Waals surface area contributed by atoms with Crippen LogP contribution < -0.4 is 5.73 Å². The lowest BCUT2D eigenvalue weighted by Gasteiger charge is -2.45. The van der Waals surface area contributed by atoms with Crippen molar-refractivity contribution >= 4 is 11.9 Å². The normalized spacial score (nSPS) is 31.1. The number of hydrogen-bond donors (Lipinski definition) is 3. The summed E-state index contributed by atoms with van der Waals surface area (Å²) in [6.45, 7) is 3.79.